The number of phenols is 1. The van der Waals surface area contributed by atoms with E-state index in [1.165, 1.54) is 24.3 Å². The van der Waals surface area contributed by atoms with Crippen LogP contribution in [-0.2, 0) is 11.0 Å². The lowest BCUT2D eigenvalue weighted by Crippen LogP contribution is -2.43. The van der Waals surface area contributed by atoms with Crippen LogP contribution in [-0.4, -0.2) is 53.9 Å². The Labute approximate surface area is 194 Å². The van der Waals surface area contributed by atoms with E-state index >= 15 is 0 Å². The first-order valence-corrected chi connectivity index (χ1v) is 11.0. The van der Waals surface area contributed by atoms with Crippen molar-refractivity contribution in [2.75, 3.05) is 26.2 Å². The van der Waals surface area contributed by atoms with Gasteiger partial charge in [0, 0.05) is 43.2 Å². The van der Waals surface area contributed by atoms with Gasteiger partial charge in [0.05, 0.1) is 5.56 Å². The number of alkyl halides is 3. The number of carbonyl (C=O) groups is 3. The topological polar surface area (TPSA) is 98.7 Å². The number of nitrogens with one attached hydrogen (secondary N) is 2. The molecule has 182 valence electrons. The molecule has 0 aliphatic carbocycles. The van der Waals surface area contributed by atoms with Crippen LogP contribution >= 0.6 is 0 Å². The number of benzene rings is 2. The summed E-state index contributed by atoms with van der Waals surface area (Å²) in [5.74, 6) is -1.03. The molecule has 3 N–H and O–H groups in total. The lowest BCUT2D eigenvalue weighted by atomic mass is 9.95. The van der Waals surface area contributed by atoms with Crippen molar-refractivity contribution in [2.45, 2.75) is 25.4 Å². The van der Waals surface area contributed by atoms with Gasteiger partial charge in [0.25, 0.3) is 11.8 Å². The highest BCUT2D eigenvalue weighted by atomic mass is 19.4. The molecule has 0 unspecified atom stereocenters. The molecule has 7 nitrogen and oxygen atoms in total. The standard InChI is InChI=1S/C24H26F3N3O4/c25-24(26,27)19-7-5-17(6-8-19)23(34)30-13-9-16(10-14-30)21(32)28-11-2-12-29-22(33)18-3-1-4-20(31)15-18/h1,3-8,15-16,31H,2,9-14H2,(H,28,32)(H,29,33). The quantitative estimate of drug-likeness (QED) is 0.534. The third-order valence-corrected chi connectivity index (χ3v) is 5.66. The maximum Gasteiger partial charge on any atom is 0.416 e. The fraction of sp³-hybridized carbons (Fsp3) is 0.375. The Kier molecular flexibility index (Phi) is 8.14. The van der Waals surface area contributed by atoms with Crippen LogP contribution in [0.15, 0.2) is 48.5 Å². The first-order valence-electron chi connectivity index (χ1n) is 11.0. The lowest BCUT2D eigenvalue weighted by molar-refractivity contribution is -0.137. The van der Waals surface area contributed by atoms with E-state index in [1.807, 2.05) is 0 Å². The lowest BCUT2D eigenvalue weighted by Gasteiger charge is -2.31. The van der Waals surface area contributed by atoms with Crippen LogP contribution in [0.3, 0.4) is 0 Å². The summed E-state index contributed by atoms with van der Waals surface area (Å²) in [4.78, 5) is 38.5. The molecule has 1 saturated heterocycles. The molecule has 1 heterocycles. The first kappa shape index (κ1) is 25.1. The van der Waals surface area contributed by atoms with E-state index in [2.05, 4.69) is 10.6 Å². The zero-order chi connectivity index (χ0) is 24.7. The van der Waals surface area contributed by atoms with E-state index < -0.39 is 11.7 Å². The van der Waals surface area contributed by atoms with Gasteiger partial charge in [0.1, 0.15) is 5.75 Å². The molecule has 3 amide bonds. The smallest absolute Gasteiger partial charge is 0.416 e. The second-order valence-electron chi connectivity index (χ2n) is 8.09. The summed E-state index contributed by atoms with van der Waals surface area (Å²) < 4.78 is 38.1. The van der Waals surface area contributed by atoms with Crippen molar-refractivity contribution in [3.8, 4) is 5.75 Å². The Balaban J connectivity index is 1.36. The first-order chi connectivity index (χ1) is 16.1. The van der Waals surface area contributed by atoms with E-state index in [4.69, 9.17) is 0 Å². The van der Waals surface area contributed by atoms with Gasteiger partial charge in [0.2, 0.25) is 5.91 Å². The minimum atomic E-state index is -4.45. The number of phenolic OH excluding ortho intramolecular Hbond substituents is 1. The third-order valence-electron chi connectivity index (χ3n) is 5.66. The van der Waals surface area contributed by atoms with Gasteiger partial charge in [-0.3, -0.25) is 14.4 Å². The number of hydrogen-bond donors (Lipinski definition) is 3. The normalized spacial score (nSPS) is 14.5. The van der Waals surface area contributed by atoms with E-state index in [0.717, 1.165) is 12.1 Å². The van der Waals surface area contributed by atoms with Gasteiger partial charge in [-0.2, -0.15) is 13.2 Å². The maximum absolute atomic E-state index is 12.7. The van der Waals surface area contributed by atoms with Gasteiger partial charge >= 0.3 is 6.18 Å². The summed E-state index contributed by atoms with van der Waals surface area (Å²) in [6.07, 6.45) is -2.99. The molecule has 2 aromatic rings. The molecule has 0 atom stereocenters. The summed E-state index contributed by atoms with van der Waals surface area (Å²) in [5, 5.41) is 15.0. The summed E-state index contributed by atoms with van der Waals surface area (Å²) >= 11 is 0. The van der Waals surface area contributed by atoms with Crippen LogP contribution in [0.4, 0.5) is 13.2 Å². The van der Waals surface area contributed by atoms with Crippen molar-refractivity contribution < 1.29 is 32.7 Å². The molecule has 0 saturated carbocycles. The fourth-order valence-electron chi connectivity index (χ4n) is 3.72. The average Bonchev–Trinajstić information content (AvgIpc) is 2.82. The van der Waals surface area contributed by atoms with Crippen LogP contribution < -0.4 is 10.6 Å². The van der Waals surface area contributed by atoms with Crippen LogP contribution in [0, 0.1) is 5.92 Å². The number of halogens is 3. The highest BCUT2D eigenvalue weighted by Gasteiger charge is 2.31. The van der Waals surface area contributed by atoms with Gasteiger partial charge in [-0.1, -0.05) is 6.07 Å². The minimum Gasteiger partial charge on any atom is -0.508 e. The highest BCUT2D eigenvalue weighted by Crippen LogP contribution is 2.29. The summed E-state index contributed by atoms with van der Waals surface area (Å²) in [5.41, 5.74) is -0.274. The van der Waals surface area contributed by atoms with Gasteiger partial charge in [-0.15, -0.1) is 0 Å². The molecule has 0 aromatic heterocycles. The SMILES string of the molecule is O=C(NCCCNC(=O)C1CCN(C(=O)c2ccc(C(F)(F)F)cc2)CC1)c1cccc(O)c1. The van der Waals surface area contributed by atoms with Crippen molar-refractivity contribution in [3.63, 3.8) is 0 Å². The van der Waals surface area contributed by atoms with Crippen LogP contribution in [0.1, 0.15) is 45.5 Å². The average molecular weight is 477 g/mol. The molecule has 0 bridgehead atoms. The van der Waals surface area contributed by atoms with Gasteiger partial charge in [0.15, 0.2) is 0 Å². The van der Waals surface area contributed by atoms with E-state index in [9.17, 15) is 32.7 Å². The molecular formula is C24H26F3N3O4. The molecule has 1 aliphatic heterocycles. The zero-order valence-electron chi connectivity index (χ0n) is 18.4. The molecule has 1 aliphatic rings. The molecule has 0 radical (unpaired) electrons. The number of rotatable bonds is 7. The molecule has 10 heteroatoms. The second-order valence-corrected chi connectivity index (χ2v) is 8.09. The van der Waals surface area contributed by atoms with Crippen LogP contribution in [0.25, 0.3) is 0 Å². The summed E-state index contributed by atoms with van der Waals surface area (Å²) in [6, 6.07) is 10.1. The van der Waals surface area contributed by atoms with Crippen molar-refractivity contribution in [1.29, 1.82) is 0 Å². The number of aromatic hydroxyl groups is 1. The Morgan fingerprint density at radius 3 is 2.21 bits per heavy atom. The number of carbonyl (C=O) groups excluding carboxylic acids is 3. The third kappa shape index (κ3) is 6.72. The van der Waals surface area contributed by atoms with Crippen molar-refractivity contribution in [2.24, 2.45) is 5.92 Å². The Hall–Kier alpha value is -3.56. The molecule has 1 fully saturated rings. The summed E-state index contributed by atoms with van der Waals surface area (Å²) in [7, 11) is 0. The number of piperidine rings is 1. The highest BCUT2D eigenvalue weighted by molar-refractivity contribution is 5.95. The monoisotopic (exact) mass is 477 g/mol. The number of likely N-dealkylation sites (tertiary alicyclic amines) is 1. The summed E-state index contributed by atoms with van der Waals surface area (Å²) in [6.45, 7) is 1.43. The molecule has 2 aromatic carbocycles. The zero-order valence-corrected chi connectivity index (χ0v) is 18.4. The van der Waals surface area contributed by atoms with Crippen LogP contribution in [0.2, 0.25) is 0 Å². The largest absolute Gasteiger partial charge is 0.508 e. The Morgan fingerprint density at radius 2 is 1.59 bits per heavy atom. The molecular weight excluding hydrogens is 451 g/mol. The van der Waals surface area contributed by atoms with Crippen molar-refractivity contribution in [1.82, 2.24) is 15.5 Å². The Morgan fingerprint density at radius 1 is 0.941 bits per heavy atom. The van der Waals surface area contributed by atoms with Gasteiger partial charge in [-0.05, 0) is 61.7 Å². The van der Waals surface area contributed by atoms with E-state index in [1.54, 1.807) is 17.0 Å². The van der Waals surface area contributed by atoms with E-state index in [0.29, 0.717) is 51.0 Å². The van der Waals surface area contributed by atoms with Crippen LogP contribution in [0.5, 0.6) is 5.75 Å². The number of hydrogen-bond acceptors (Lipinski definition) is 4. The van der Waals surface area contributed by atoms with Gasteiger partial charge in [-0.25, -0.2) is 0 Å². The number of nitrogens with zero attached hydrogens (tertiary/aromatic N) is 1. The molecule has 0 spiro atoms. The van der Waals surface area contributed by atoms with Gasteiger partial charge < -0.3 is 20.6 Å². The molecule has 3 rings (SSSR count). The van der Waals surface area contributed by atoms with E-state index in [-0.39, 0.29) is 35.0 Å². The predicted octanol–water partition coefficient (Wildman–Crippen LogP) is 3.20. The van der Waals surface area contributed by atoms with Crippen molar-refractivity contribution >= 4 is 17.7 Å². The number of amides is 3. The minimum absolute atomic E-state index is 0.00650. The Bertz CT molecular complexity index is 1020. The second kappa shape index (κ2) is 11.0. The molecule has 34 heavy (non-hydrogen) atoms. The fourth-order valence-corrected chi connectivity index (χ4v) is 3.72. The van der Waals surface area contributed by atoms with Crippen molar-refractivity contribution in [3.05, 3.63) is 65.2 Å². The predicted molar refractivity (Wildman–Crippen MR) is 118 cm³/mol. The maximum atomic E-state index is 12.7.